The molecule has 8 heteroatoms. The van der Waals surface area contributed by atoms with Crippen LogP contribution >= 0.6 is 7.60 Å². The van der Waals surface area contributed by atoms with Crippen molar-refractivity contribution in [2.45, 2.75) is 32.9 Å². The Bertz CT molecular complexity index is 809. The molecule has 0 spiro atoms. The van der Waals surface area contributed by atoms with Gasteiger partial charge >= 0.3 is 13.6 Å². The zero-order valence-electron chi connectivity index (χ0n) is 15.5. The highest BCUT2D eigenvalue weighted by atomic mass is 31.2. The molecule has 0 aliphatic rings. The van der Waals surface area contributed by atoms with Crippen LogP contribution in [-0.4, -0.2) is 36.0 Å². The van der Waals surface area contributed by atoms with Crippen LogP contribution in [0.1, 0.15) is 26.3 Å². The lowest BCUT2D eigenvalue weighted by Crippen LogP contribution is -2.28. The first-order valence-electron chi connectivity index (χ1n) is 8.65. The SMILES string of the molecule is CCOC(=O)C(Cc1cn(C)c2ccc(F)cc12)P(=O)(OCC)OCC. The van der Waals surface area contributed by atoms with E-state index in [1.807, 2.05) is 11.6 Å². The molecule has 144 valence electrons. The highest BCUT2D eigenvalue weighted by Crippen LogP contribution is 2.54. The fourth-order valence-corrected chi connectivity index (χ4v) is 4.86. The Kier molecular flexibility index (Phi) is 6.98. The molecule has 0 N–H and O–H groups in total. The summed E-state index contributed by atoms with van der Waals surface area (Å²) < 4.78 is 44.6. The maximum absolute atomic E-state index is 13.7. The number of carbonyl (C=O) groups is 1. The van der Waals surface area contributed by atoms with Crippen LogP contribution in [-0.2, 0) is 36.6 Å². The summed E-state index contributed by atoms with van der Waals surface area (Å²) in [5.74, 6) is -1.03. The summed E-state index contributed by atoms with van der Waals surface area (Å²) in [6, 6.07) is 4.44. The normalized spacial score (nSPS) is 13.1. The molecule has 0 bridgehead atoms. The van der Waals surface area contributed by atoms with Crippen molar-refractivity contribution >= 4 is 24.5 Å². The molecule has 0 saturated carbocycles. The Labute approximate surface area is 152 Å². The molecule has 1 heterocycles. The zero-order valence-corrected chi connectivity index (χ0v) is 16.4. The minimum absolute atomic E-state index is 0.0664. The topological polar surface area (TPSA) is 66.8 Å². The van der Waals surface area contributed by atoms with Gasteiger partial charge in [0.1, 0.15) is 5.82 Å². The predicted octanol–water partition coefficient (Wildman–Crippen LogP) is 4.06. The van der Waals surface area contributed by atoms with Gasteiger partial charge in [0.15, 0.2) is 5.66 Å². The third kappa shape index (κ3) is 4.34. The lowest BCUT2D eigenvalue weighted by molar-refractivity contribution is -0.143. The average molecular weight is 385 g/mol. The van der Waals surface area contributed by atoms with E-state index < -0.39 is 19.2 Å². The summed E-state index contributed by atoms with van der Waals surface area (Å²) in [6.45, 7) is 5.46. The molecular weight excluding hydrogens is 360 g/mol. The summed E-state index contributed by atoms with van der Waals surface area (Å²) in [7, 11) is -1.91. The molecule has 0 fully saturated rings. The van der Waals surface area contributed by atoms with E-state index in [4.69, 9.17) is 13.8 Å². The van der Waals surface area contributed by atoms with Crippen molar-refractivity contribution < 1.29 is 27.5 Å². The number of fused-ring (bicyclic) bond motifs is 1. The molecule has 6 nitrogen and oxygen atoms in total. The molecule has 1 atom stereocenters. The number of aryl methyl sites for hydroxylation is 1. The van der Waals surface area contributed by atoms with Gasteiger partial charge in [-0.2, -0.15) is 0 Å². The van der Waals surface area contributed by atoms with Crippen molar-refractivity contribution in [3.05, 3.63) is 35.8 Å². The second kappa shape index (κ2) is 8.80. The molecule has 1 aromatic carbocycles. The van der Waals surface area contributed by atoms with Gasteiger partial charge in [-0.15, -0.1) is 0 Å². The fraction of sp³-hybridized carbons (Fsp3) is 0.500. The monoisotopic (exact) mass is 385 g/mol. The Balaban J connectivity index is 2.49. The van der Waals surface area contributed by atoms with Gasteiger partial charge in [0.25, 0.3) is 0 Å². The number of ether oxygens (including phenoxy) is 1. The third-order valence-corrected chi connectivity index (χ3v) is 6.40. The molecular formula is C18H25FNO5P. The molecule has 2 rings (SSSR count). The molecule has 26 heavy (non-hydrogen) atoms. The summed E-state index contributed by atoms with van der Waals surface area (Å²) in [5, 5.41) is 0.654. The van der Waals surface area contributed by atoms with E-state index in [9.17, 15) is 13.8 Å². The minimum Gasteiger partial charge on any atom is -0.465 e. The van der Waals surface area contributed by atoms with E-state index in [1.165, 1.54) is 12.1 Å². The molecule has 0 radical (unpaired) electrons. The predicted molar refractivity (Wildman–Crippen MR) is 97.9 cm³/mol. The Morgan fingerprint density at radius 2 is 1.85 bits per heavy atom. The smallest absolute Gasteiger partial charge is 0.345 e. The van der Waals surface area contributed by atoms with Gasteiger partial charge in [0.05, 0.1) is 19.8 Å². The van der Waals surface area contributed by atoms with Gasteiger partial charge in [-0.3, -0.25) is 9.36 Å². The number of hydrogen-bond acceptors (Lipinski definition) is 5. The van der Waals surface area contributed by atoms with Gasteiger partial charge in [-0.05, 0) is 51.0 Å². The number of nitrogens with zero attached hydrogens (tertiary/aromatic N) is 1. The van der Waals surface area contributed by atoms with Crippen LogP contribution in [0.15, 0.2) is 24.4 Å². The lowest BCUT2D eigenvalue weighted by Gasteiger charge is -2.24. The largest absolute Gasteiger partial charge is 0.465 e. The number of rotatable bonds is 9. The van der Waals surface area contributed by atoms with Crippen LogP contribution in [0.25, 0.3) is 10.9 Å². The first-order chi connectivity index (χ1) is 12.4. The van der Waals surface area contributed by atoms with Crippen LogP contribution in [0, 0.1) is 5.82 Å². The molecule has 1 aromatic heterocycles. The van der Waals surface area contributed by atoms with Gasteiger partial charge in [0.2, 0.25) is 0 Å². The number of esters is 1. The second-order valence-electron chi connectivity index (χ2n) is 5.77. The van der Waals surface area contributed by atoms with E-state index in [0.29, 0.717) is 10.9 Å². The van der Waals surface area contributed by atoms with Crippen molar-refractivity contribution in [3.8, 4) is 0 Å². The van der Waals surface area contributed by atoms with Crippen molar-refractivity contribution in [2.75, 3.05) is 19.8 Å². The molecule has 0 aliphatic carbocycles. The van der Waals surface area contributed by atoms with E-state index in [-0.39, 0.29) is 32.1 Å². The summed E-state index contributed by atoms with van der Waals surface area (Å²) in [5.41, 5.74) is 0.377. The van der Waals surface area contributed by atoms with Crippen LogP contribution in [0.5, 0.6) is 0 Å². The summed E-state index contributed by atoms with van der Waals surface area (Å²) in [6.07, 6.45) is 1.86. The highest BCUT2D eigenvalue weighted by Gasteiger charge is 2.42. The average Bonchev–Trinajstić information content (AvgIpc) is 2.88. The highest BCUT2D eigenvalue weighted by molar-refractivity contribution is 7.55. The first-order valence-corrected chi connectivity index (χ1v) is 10.3. The number of hydrogen-bond donors (Lipinski definition) is 0. The van der Waals surface area contributed by atoms with E-state index >= 15 is 0 Å². The van der Waals surface area contributed by atoms with Gasteiger partial charge in [-0.1, -0.05) is 0 Å². The van der Waals surface area contributed by atoms with Crippen molar-refractivity contribution in [1.82, 2.24) is 4.57 Å². The maximum Gasteiger partial charge on any atom is 0.345 e. The van der Waals surface area contributed by atoms with Crippen LogP contribution in [0.4, 0.5) is 4.39 Å². The number of carbonyl (C=O) groups excluding carboxylic acids is 1. The summed E-state index contributed by atoms with van der Waals surface area (Å²) >= 11 is 0. The molecule has 0 saturated heterocycles. The molecule has 0 amide bonds. The van der Waals surface area contributed by atoms with Crippen LogP contribution in [0.3, 0.4) is 0 Å². The molecule has 2 aromatic rings. The quantitative estimate of drug-likeness (QED) is 0.481. The lowest BCUT2D eigenvalue weighted by atomic mass is 10.1. The van der Waals surface area contributed by atoms with Gasteiger partial charge < -0.3 is 18.4 Å². The van der Waals surface area contributed by atoms with Crippen molar-refractivity contribution in [1.29, 1.82) is 0 Å². The van der Waals surface area contributed by atoms with E-state index in [2.05, 4.69) is 0 Å². The van der Waals surface area contributed by atoms with E-state index in [1.54, 1.807) is 33.0 Å². The van der Waals surface area contributed by atoms with Gasteiger partial charge in [0, 0.05) is 24.1 Å². The zero-order chi connectivity index (χ0) is 19.3. The number of aromatic nitrogens is 1. The fourth-order valence-electron chi connectivity index (χ4n) is 2.96. The van der Waals surface area contributed by atoms with Crippen molar-refractivity contribution in [2.24, 2.45) is 7.05 Å². The second-order valence-corrected chi connectivity index (χ2v) is 7.99. The Hall–Kier alpha value is -1.69. The van der Waals surface area contributed by atoms with Gasteiger partial charge in [-0.25, -0.2) is 4.39 Å². The Morgan fingerprint density at radius 3 is 2.42 bits per heavy atom. The molecule has 1 unspecified atom stereocenters. The van der Waals surface area contributed by atoms with Crippen LogP contribution in [0.2, 0.25) is 0 Å². The van der Waals surface area contributed by atoms with Crippen molar-refractivity contribution in [3.63, 3.8) is 0 Å². The maximum atomic E-state index is 13.7. The number of halogens is 1. The van der Waals surface area contributed by atoms with Crippen LogP contribution < -0.4 is 0 Å². The Morgan fingerprint density at radius 1 is 1.19 bits per heavy atom. The molecule has 0 aliphatic heterocycles. The minimum atomic E-state index is -3.74. The standard InChI is InChI=1S/C18H25FNO5P/c1-5-23-18(21)17(26(22,24-6-2)25-7-3)10-13-12-20(4)16-9-8-14(19)11-15(13)16/h8-9,11-12,17H,5-7,10H2,1-4H3. The number of benzene rings is 1. The summed E-state index contributed by atoms with van der Waals surface area (Å²) in [4.78, 5) is 12.5. The third-order valence-electron chi connectivity index (χ3n) is 4.01. The van der Waals surface area contributed by atoms with E-state index in [0.717, 1.165) is 5.52 Å². The first kappa shape index (κ1) is 20.6.